The number of halogens is 2. The summed E-state index contributed by atoms with van der Waals surface area (Å²) in [4.78, 5) is 17.0. The largest absolute Gasteiger partial charge is 0.305 e. The molecule has 0 radical (unpaired) electrons. The molecule has 0 saturated heterocycles. The number of nitrogens with one attached hydrogen (secondary N) is 1. The molecule has 1 aromatic carbocycles. The second kappa shape index (κ2) is 5.70. The van der Waals surface area contributed by atoms with Crippen molar-refractivity contribution in [3.8, 4) is 5.69 Å². The zero-order chi connectivity index (χ0) is 18.7. The molecule has 136 valence electrons. The number of aromatic nitrogens is 3. The van der Waals surface area contributed by atoms with Crippen LogP contribution in [0.15, 0.2) is 36.5 Å². The van der Waals surface area contributed by atoms with E-state index in [1.54, 1.807) is 12.3 Å². The Kier molecular flexibility index (Phi) is 3.40. The molecular weight excluding hydrogens is 350 g/mol. The van der Waals surface area contributed by atoms with Crippen LogP contribution in [-0.4, -0.2) is 20.7 Å². The highest BCUT2D eigenvalue weighted by Gasteiger charge is 2.50. The number of hydrogen-bond acceptors (Lipinski definition) is 3. The normalized spacial score (nSPS) is 19.5. The van der Waals surface area contributed by atoms with Crippen LogP contribution in [-0.2, 0) is 6.42 Å². The molecule has 2 aliphatic carbocycles. The first-order chi connectivity index (χ1) is 13.0. The fourth-order valence-electron chi connectivity index (χ4n) is 3.92. The van der Waals surface area contributed by atoms with Crippen LogP contribution in [0.1, 0.15) is 39.6 Å². The van der Waals surface area contributed by atoms with Gasteiger partial charge in [0, 0.05) is 23.7 Å². The number of benzene rings is 1. The van der Waals surface area contributed by atoms with Crippen LogP contribution in [0.3, 0.4) is 0 Å². The molecule has 0 bridgehead atoms. The molecule has 1 saturated carbocycles. The van der Waals surface area contributed by atoms with E-state index in [9.17, 15) is 13.6 Å². The molecule has 7 heteroatoms. The molecule has 27 heavy (non-hydrogen) atoms. The van der Waals surface area contributed by atoms with E-state index in [0.717, 1.165) is 35.7 Å². The van der Waals surface area contributed by atoms with Crippen molar-refractivity contribution in [3.05, 3.63) is 70.7 Å². The van der Waals surface area contributed by atoms with Crippen molar-refractivity contribution in [2.75, 3.05) is 5.32 Å². The number of pyridine rings is 1. The minimum absolute atomic E-state index is 0.160. The molecule has 1 amide bonds. The Bertz CT molecular complexity index is 1090. The Morgan fingerprint density at radius 2 is 2.15 bits per heavy atom. The van der Waals surface area contributed by atoms with Crippen LogP contribution >= 0.6 is 0 Å². The van der Waals surface area contributed by atoms with Crippen LogP contribution < -0.4 is 5.32 Å². The van der Waals surface area contributed by atoms with Gasteiger partial charge in [-0.25, -0.2) is 18.4 Å². The molecule has 1 N–H and O–H groups in total. The van der Waals surface area contributed by atoms with E-state index in [1.807, 2.05) is 13.0 Å². The predicted octanol–water partition coefficient (Wildman–Crippen LogP) is 3.77. The number of carbonyl (C=O) groups excluding carboxylic acids is 1. The van der Waals surface area contributed by atoms with E-state index in [-0.39, 0.29) is 23.2 Å². The van der Waals surface area contributed by atoms with Gasteiger partial charge in [0.1, 0.15) is 17.3 Å². The highest BCUT2D eigenvalue weighted by atomic mass is 19.1. The lowest BCUT2D eigenvalue weighted by atomic mass is 10.1. The Morgan fingerprint density at radius 3 is 2.93 bits per heavy atom. The number of amides is 1. The number of rotatable bonds is 3. The van der Waals surface area contributed by atoms with Gasteiger partial charge in [0.2, 0.25) is 0 Å². The summed E-state index contributed by atoms with van der Waals surface area (Å²) in [6.45, 7) is 1.86. The molecular formula is C20H16F2N4O. The fourth-order valence-corrected chi connectivity index (χ4v) is 3.92. The third-order valence-corrected chi connectivity index (χ3v) is 5.36. The van der Waals surface area contributed by atoms with E-state index >= 15 is 0 Å². The predicted molar refractivity (Wildman–Crippen MR) is 95.0 cm³/mol. The Hall–Kier alpha value is -3.09. The number of anilines is 1. The van der Waals surface area contributed by atoms with Gasteiger partial charge in [0.05, 0.1) is 5.69 Å². The van der Waals surface area contributed by atoms with Gasteiger partial charge in [-0.2, -0.15) is 5.10 Å². The smallest absolute Gasteiger partial charge is 0.277 e. The highest BCUT2D eigenvalue weighted by Crippen LogP contribution is 2.57. The third kappa shape index (κ3) is 2.53. The van der Waals surface area contributed by atoms with Crippen molar-refractivity contribution in [3.63, 3.8) is 0 Å². The van der Waals surface area contributed by atoms with E-state index in [1.165, 1.54) is 16.8 Å². The van der Waals surface area contributed by atoms with Crippen LogP contribution in [0, 0.1) is 24.5 Å². The number of nitrogens with zero attached hydrogens (tertiary/aromatic N) is 3. The average molecular weight is 366 g/mol. The van der Waals surface area contributed by atoms with Gasteiger partial charge in [-0.15, -0.1) is 0 Å². The summed E-state index contributed by atoms with van der Waals surface area (Å²) >= 11 is 0. The maximum Gasteiger partial charge on any atom is 0.277 e. The van der Waals surface area contributed by atoms with Crippen LogP contribution in [0.2, 0.25) is 0 Å². The second-order valence-corrected chi connectivity index (χ2v) is 7.15. The zero-order valence-electron chi connectivity index (χ0n) is 14.5. The molecule has 2 aromatic heterocycles. The Balaban J connectivity index is 1.58. The van der Waals surface area contributed by atoms with Crippen molar-refractivity contribution < 1.29 is 13.6 Å². The lowest BCUT2D eigenvalue weighted by molar-refractivity contribution is 0.102. The van der Waals surface area contributed by atoms with Crippen molar-refractivity contribution in [1.82, 2.24) is 14.8 Å². The lowest BCUT2D eigenvalue weighted by Crippen LogP contribution is -2.16. The Morgan fingerprint density at radius 1 is 1.30 bits per heavy atom. The van der Waals surface area contributed by atoms with Gasteiger partial charge in [-0.3, -0.25) is 4.79 Å². The average Bonchev–Trinajstić information content (AvgIpc) is 3.14. The van der Waals surface area contributed by atoms with E-state index < -0.39 is 11.6 Å². The summed E-state index contributed by atoms with van der Waals surface area (Å²) in [7, 11) is 0. The first-order valence-corrected chi connectivity index (χ1v) is 8.83. The van der Waals surface area contributed by atoms with Crippen molar-refractivity contribution >= 4 is 11.7 Å². The maximum atomic E-state index is 14.3. The van der Waals surface area contributed by atoms with Gasteiger partial charge in [0.15, 0.2) is 11.5 Å². The number of hydrogen-bond donors (Lipinski definition) is 1. The third-order valence-electron chi connectivity index (χ3n) is 5.36. The molecule has 2 aliphatic rings. The topological polar surface area (TPSA) is 59.8 Å². The molecule has 2 heterocycles. The first kappa shape index (κ1) is 16.1. The second-order valence-electron chi connectivity index (χ2n) is 7.15. The van der Waals surface area contributed by atoms with Gasteiger partial charge in [-0.05, 0) is 49.4 Å². The molecule has 2 atom stereocenters. The summed E-state index contributed by atoms with van der Waals surface area (Å²) in [6.07, 6.45) is 3.38. The summed E-state index contributed by atoms with van der Waals surface area (Å²) in [6, 6.07) is 7.04. The monoisotopic (exact) mass is 366 g/mol. The fraction of sp³-hybridized carbons (Fsp3) is 0.250. The molecule has 0 aliphatic heterocycles. The SMILES string of the molecule is Cc1cccnc1NC(=O)c1nn(-c2ccc(F)cc2F)c2c1C[C@@H]1C[C@H]21. The lowest BCUT2D eigenvalue weighted by Gasteiger charge is -2.07. The van der Waals surface area contributed by atoms with Crippen LogP contribution in [0.4, 0.5) is 14.6 Å². The molecule has 1 fully saturated rings. The molecule has 3 aromatic rings. The molecule has 5 nitrogen and oxygen atoms in total. The molecule has 0 unspecified atom stereocenters. The first-order valence-electron chi connectivity index (χ1n) is 8.83. The van der Waals surface area contributed by atoms with Crippen LogP contribution in [0.25, 0.3) is 5.69 Å². The van der Waals surface area contributed by atoms with E-state index in [2.05, 4.69) is 15.4 Å². The van der Waals surface area contributed by atoms with E-state index in [0.29, 0.717) is 11.7 Å². The van der Waals surface area contributed by atoms with Crippen molar-refractivity contribution in [2.45, 2.75) is 25.7 Å². The summed E-state index contributed by atoms with van der Waals surface area (Å²) < 4.78 is 29.1. The van der Waals surface area contributed by atoms with Crippen molar-refractivity contribution in [2.24, 2.45) is 5.92 Å². The molecule has 5 rings (SSSR count). The minimum Gasteiger partial charge on any atom is -0.305 e. The number of aryl methyl sites for hydroxylation is 1. The van der Waals surface area contributed by atoms with Gasteiger partial charge in [0.25, 0.3) is 5.91 Å². The van der Waals surface area contributed by atoms with Gasteiger partial charge < -0.3 is 5.32 Å². The van der Waals surface area contributed by atoms with Gasteiger partial charge in [-0.1, -0.05) is 6.07 Å². The summed E-state index contributed by atoms with van der Waals surface area (Å²) in [5.74, 6) is -0.464. The molecule has 0 spiro atoms. The Labute approximate surface area is 154 Å². The zero-order valence-corrected chi connectivity index (χ0v) is 14.5. The quantitative estimate of drug-likeness (QED) is 0.768. The highest BCUT2D eigenvalue weighted by molar-refractivity contribution is 6.04. The minimum atomic E-state index is -0.697. The number of carbonyl (C=O) groups is 1. The number of fused-ring (bicyclic) bond motifs is 3. The van der Waals surface area contributed by atoms with Gasteiger partial charge >= 0.3 is 0 Å². The summed E-state index contributed by atoms with van der Waals surface area (Å²) in [5, 5.41) is 7.20. The van der Waals surface area contributed by atoms with Crippen LogP contribution in [0.5, 0.6) is 0 Å². The standard InChI is InChI=1S/C20H16F2N4O/c1-10-3-2-6-23-19(10)24-20(27)17-14-8-11-7-13(11)18(14)26(25-17)16-5-4-12(21)9-15(16)22/h2-6,9,11,13H,7-8H2,1H3,(H,23,24,27)/t11-,13-/m0/s1. The summed E-state index contributed by atoms with van der Waals surface area (Å²) in [5.41, 5.74) is 3.01. The maximum absolute atomic E-state index is 14.3. The van der Waals surface area contributed by atoms with Crippen molar-refractivity contribution in [1.29, 1.82) is 0 Å². The van der Waals surface area contributed by atoms with E-state index in [4.69, 9.17) is 0 Å².